The highest BCUT2D eigenvalue weighted by Gasteiger charge is 2.22. The summed E-state index contributed by atoms with van der Waals surface area (Å²) >= 11 is 3.34. The zero-order valence-corrected chi connectivity index (χ0v) is 16.7. The van der Waals surface area contributed by atoms with Gasteiger partial charge in [-0.2, -0.15) is 0 Å². The normalized spacial score (nSPS) is 10.8. The van der Waals surface area contributed by atoms with Gasteiger partial charge in [0.05, 0.1) is 12.2 Å². The molecule has 4 aromatic rings. The Labute approximate surface area is 174 Å². The Bertz CT molecular complexity index is 1200. The highest BCUT2D eigenvalue weighted by molar-refractivity contribution is 9.10. The van der Waals surface area contributed by atoms with Crippen molar-refractivity contribution >= 4 is 44.2 Å². The molecule has 6 heteroatoms. The maximum absolute atomic E-state index is 13.2. The van der Waals surface area contributed by atoms with E-state index in [0.29, 0.717) is 27.8 Å². The number of rotatable bonds is 6. The van der Waals surface area contributed by atoms with Crippen LogP contribution in [0.25, 0.3) is 11.0 Å². The fraction of sp³-hybridized carbons (Fsp3) is 0.0435. The van der Waals surface area contributed by atoms with Crippen LogP contribution in [0.3, 0.4) is 0 Å². The van der Waals surface area contributed by atoms with Crippen LogP contribution in [0.1, 0.15) is 26.5 Å². The second-order valence-corrected chi connectivity index (χ2v) is 7.34. The summed E-state index contributed by atoms with van der Waals surface area (Å²) in [4.78, 5) is 25.5. The Morgan fingerprint density at radius 3 is 2.28 bits per heavy atom. The minimum Gasteiger partial charge on any atom is -0.450 e. The van der Waals surface area contributed by atoms with E-state index in [4.69, 9.17) is 4.42 Å². The number of benzene rings is 3. The van der Waals surface area contributed by atoms with Crippen LogP contribution in [0, 0.1) is 5.82 Å². The van der Waals surface area contributed by atoms with Crippen molar-refractivity contribution < 1.29 is 18.4 Å². The number of ketones is 2. The summed E-state index contributed by atoms with van der Waals surface area (Å²) in [5.41, 5.74) is 1.82. The number of furan rings is 1. The second-order valence-electron chi connectivity index (χ2n) is 6.42. The van der Waals surface area contributed by atoms with Crippen LogP contribution in [0.2, 0.25) is 0 Å². The third-order valence-corrected chi connectivity index (χ3v) is 5.03. The van der Waals surface area contributed by atoms with E-state index in [1.165, 1.54) is 24.3 Å². The van der Waals surface area contributed by atoms with Crippen molar-refractivity contribution in [1.82, 2.24) is 0 Å². The molecule has 0 amide bonds. The van der Waals surface area contributed by atoms with Crippen LogP contribution in [0.15, 0.2) is 81.7 Å². The lowest BCUT2D eigenvalue weighted by Gasteiger charge is -2.07. The first-order valence-corrected chi connectivity index (χ1v) is 9.66. The molecule has 1 heterocycles. The molecule has 144 valence electrons. The smallest absolute Gasteiger partial charge is 0.230 e. The molecular weight excluding hydrogens is 437 g/mol. The molecule has 0 fully saturated rings. The van der Waals surface area contributed by atoms with E-state index in [9.17, 15) is 14.0 Å². The Morgan fingerprint density at radius 1 is 0.897 bits per heavy atom. The largest absolute Gasteiger partial charge is 0.450 e. The molecular formula is C23H15BrFNO3. The average Bonchev–Trinajstić information content (AvgIpc) is 3.11. The zero-order chi connectivity index (χ0) is 20.4. The van der Waals surface area contributed by atoms with Gasteiger partial charge in [0.1, 0.15) is 11.4 Å². The third-order valence-electron chi connectivity index (χ3n) is 4.50. The summed E-state index contributed by atoms with van der Waals surface area (Å²) in [5, 5.41) is 3.76. The number of halogens is 2. The Balaban J connectivity index is 1.66. The molecule has 0 aliphatic rings. The summed E-state index contributed by atoms with van der Waals surface area (Å²) in [7, 11) is 0. The molecule has 3 aromatic carbocycles. The molecule has 0 atom stereocenters. The van der Waals surface area contributed by atoms with Crippen molar-refractivity contribution in [2.75, 3.05) is 11.9 Å². The van der Waals surface area contributed by atoms with E-state index in [1.807, 2.05) is 12.1 Å². The minimum atomic E-state index is -0.426. The topological polar surface area (TPSA) is 59.3 Å². The van der Waals surface area contributed by atoms with Gasteiger partial charge in [-0.15, -0.1) is 0 Å². The first kappa shape index (κ1) is 19.1. The van der Waals surface area contributed by atoms with Gasteiger partial charge in [0, 0.05) is 21.0 Å². The highest BCUT2D eigenvalue weighted by Crippen LogP contribution is 2.32. The van der Waals surface area contributed by atoms with Crippen molar-refractivity contribution in [2.24, 2.45) is 0 Å². The van der Waals surface area contributed by atoms with Gasteiger partial charge >= 0.3 is 0 Å². The van der Waals surface area contributed by atoms with E-state index in [0.717, 1.165) is 4.47 Å². The summed E-state index contributed by atoms with van der Waals surface area (Å²) in [6.45, 7) is -0.00510. The van der Waals surface area contributed by atoms with Crippen molar-refractivity contribution in [3.63, 3.8) is 0 Å². The van der Waals surface area contributed by atoms with E-state index < -0.39 is 5.82 Å². The van der Waals surface area contributed by atoms with E-state index in [-0.39, 0.29) is 23.9 Å². The van der Waals surface area contributed by atoms with E-state index in [1.54, 1.807) is 36.4 Å². The number of anilines is 1. The molecule has 4 rings (SSSR count). The van der Waals surface area contributed by atoms with E-state index >= 15 is 0 Å². The lowest BCUT2D eigenvalue weighted by molar-refractivity contribution is 0.0997. The molecule has 29 heavy (non-hydrogen) atoms. The molecule has 0 unspecified atom stereocenters. The minimum absolute atomic E-state index is 0.00510. The van der Waals surface area contributed by atoms with Crippen LogP contribution in [-0.4, -0.2) is 18.1 Å². The predicted octanol–water partition coefficient (Wildman–Crippen LogP) is 5.86. The maximum Gasteiger partial charge on any atom is 0.230 e. The molecule has 0 spiro atoms. The summed E-state index contributed by atoms with van der Waals surface area (Å²) in [6, 6.07) is 19.5. The molecule has 0 radical (unpaired) electrons. The summed E-state index contributed by atoms with van der Waals surface area (Å²) in [6.07, 6.45) is 0. The van der Waals surface area contributed by atoms with Gasteiger partial charge in [0.2, 0.25) is 5.78 Å². The van der Waals surface area contributed by atoms with Crippen molar-refractivity contribution in [2.45, 2.75) is 0 Å². The molecule has 0 aliphatic carbocycles. The Kier molecular flexibility index (Phi) is 5.27. The van der Waals surface area contributed by atoms with Gasteiger partial charge in [-0.1, -0.05) is 40.2 Å². The first-order chi connectivity index (χ1) is 14.0. The SMILES string of the molecule is O=C(CNc1c(C(=O)c2ccc(F)cc2)oc2ccccc12)c1ccc(Br)cc1. The van der Waals surface area contributed by atoms with E-state index in [2.05, 4.69) is 21.2 Å². The quantitative estimate of drug-likeness (QED) is 0.373. The highest BCUT2D eigenvalue weighted by atomic mass is 79.9. The Hall–Kier alpha value is -3.25. The monoisotopic (exact) mass is 451 g/mol. The van der Waals surface area contributed by atoms with Gasteiger partial charge in [0.25, 0.3) is 0 Å². The molecule has 1 aromatic heterocycles. The van der Waals surface area contributed by atoms with Gasteiger partial charge in [-0.05, 0) is 48.5 Å². The summed E-state index contributed by atoms with van der Waals surface area (Å²) < 4.78 is 19.9. The van der Waals surface area contributed by atoms with Gasteiger partial charge in [-0.3, -0.25) is 9.59 Å². The number of carbonyl (C=O) groups is 2. The molecule has 0 bridgehead atoms. The zero-order valence-electron chi connectivity index (χ0n) is 15.1. The maximum atomic E-state index is 13.2. The Morgan fingerprint density at radius 2 is 1.55 bits per heavy atom. The number of hydrogen-bond donors (Lipinski definition) is 1. The van der Waals surface area contributed by atoms with Crippen LogP contribution < -0.4 is 5.32 Å². The number of para-hydroxylation sites is 1. The van der Waals surface area contributed by atoms with Crippen molar-refractivity contribution in [3.05, 3.63) is 100.0 Å². The van der Waals surface area contributed by atoms with Gasteiger partial charge in [0.15, 0.2) is 11.5 Å². The average molecular weight is 452 g/mol. The van der Waals surface area contributed by atoms with Gasteiger partial charge in [-0.25, -0.2) is 4.39 Å². The second kappa shape index (κ2) is 8.01. The fourth-order valence-electron chi connectivity index (χ4n) is 3.02. The third kappa shape index (κ3) is 3.98. The molecule has 4 nitrogen and oxygen atoms in total. The molecule has 0 saturated carbocycles. The fourth-order valence-corrected chi connectivity index (χ4v) is 3.28. The molecule has 0 aliphatic heterocycles. The number of hydrogen-bond acceptors (Lipinski definition) is 4. The number of carbonyl (C=O) groups excluding carboxylic acids is 2. The number of fused-ring (bicyclic) bond motifs is 1. The number of nitrogens with one attached hydrogen (secondary N) is 1. The van der Waals surface area contributed by atoms with Crippen LogP contribution in [0.5, 0.6) is 0 Å². The first-order valence-electron chi connectivity index (χ1n) is 8.87. The predicted molar refractivity (Wildman–Crippen MR) is 113 cm³/mol. The van der Waals surface area contributed by atoms with Gasteiger partial charge < -0.3 is 9.73 Å². The summed E-state index contributed by atoms with van der Waals surface area (Å²) in [5.74, 6) is -0.853. The van der Waals surface area contributed by atoms with Crippen LogP contribution in [-0.2, 0) is 0 Å². The standard InChI is InChI=1S/C23H15BrFNO3/c24-16-9-5-14(6-10-16)19(27)13-26-21-18-3-1-2-4-20(18)29-23(21)22(28)15-7-11-17(25)12-8-15/h1-12,26H,13H2. The van der Waals surface area contributed by atoms with Crippen LogP contribution in [0.4, 0.5) is 10.1 Å². The van der Waals surface area contributed by atoms with Crippen molar-refractivity contribution in [1.29, 1.82) is 0 Å². The lowest BCUT2D eigenvalue weighted by Crippen LogP contribution is -2.15. The van der Waals surface area contributed by atoms with Crippen molar-refractivity contribution in [3.8, 4) is 0 Å². The number of Topliss-reactive ketones (excluding diaryl/α,β-unsaturated/α-hetero) is 1. The van der Waals surface area contributed by atoms with Crippen LogP contribution >= 0.6 is 15.9 Å². The lowest BCUT2D eigenvalue weighted by atomic mass is 10.1. The molecule has 1 N–H and O–H groups in total. The molecule has 0 saturated heterocycles.